The minimum atomic E-state index is 0.369. The van der Waals surface area contributed by atoms with Crippen molar-refractivity contribution < 1.29 is 4.74 Å². The molecule has 1 aromatic carbocycles. The van der Waals surface area contributed by atoms with Crippen molar-refractivity contribution in [2.24, 2.45) is 0 Å². The Morgan fingerprint density at radius 2 is 1.90 bits per heavy atom. The third kappa shape index (κ3) is 4.19. The zero-order valence-electron chi connectivity index (χ0n) is 17.4. The summed E-state index contributed by atoms with van der Waals surface area (Å²) in [5.74, 6) is 1.41. The van der Waals surface area contributed by atoms with Gasteiger partial charge < -0.3 is 9.64 Å². The quantitative estimate of drug-likeness (QED) is 0.672. The normalized spacial score (nSPS) is 24.8. The number of rotatable bonds is 6. The summed E-state index contributed by atoms with van der Waals surface area (Å²) in [7, 11) is 0. The number of hydrogen-bond acceptors (Lipinski definition) is 4. The lowest BCUT2D eigenvalue weighted by molar-refractivity contribution is 0.204. The standard InChI is InChI=1S/C25H33N3O/c1-4-13-27(14-5-1)15-7-17-29-20-10-11-21-22(18-20)25-9-6-16-28(25)19-23(21)24-8-2-3-12-26-24/h2-3,8,10-12,18,23,25H,1,4-7,9,13-17,19H2/t23-,25+/m0/s1. The number of benzene rings is 1. The molecule has 3 aliphatic rings. The summed E-state index contributed by atoms with van der Waals surface area (Å²) in [6.07, 6.45) is 9.72. The number of piperidine rings is 1. The number of aromatic nitrogens is 1. The fourth-order valence-electron chi connectivity index (χ4n) is 5.47. The Kier molecular flexibility index (Phi) is 5.82. The van der Waals surface area contributed by atoms with Crippen LogP contribution >= 0.6 is 0 Å². The molecule has 4 heterocycles. The molecule has 2 aromatic rings. The van der Waals surface area contributed by atoms with Crippen LogP contribution in [0.3, 0.4) is 0 Å². The van der Waals surface area contributed by atoms with Crippen LogP contribution in [0.4, 0.5) is 0 Å². The van der Waals surface area contributed by atoms with Crippen molar-refractivity contribution in [3.63, 3.8) is 0 Å². The highest BCUT2D eigenvalue weighted by molar-refractivity contribution is 5.45. The molecule has 2 saturated heterocycles. The summed E-state index contributed by atoms with van der Waals surface area (Å²) in [6.45, 7) is 6.81. The molecule has 5 rings (SSSR count). The number of hydrogen-bond donors (Lipinski definition) is 0. The van der Waals surface area contributed by atoms with Crippen LogP contribution in [0, 0.1) is 0 Å². The van der Waals surface area contributed by atoms with Gasteiger partial charge in [-0.2, -0.15) is 0 Å². The van der Waals surface area contributed by atoms with Crippen LogP contribution in [-0.2, 0) is 0 Å². The lowest BCUT2D eigenvalue weighted by atomic mass is 9.83. The van der Waals surface area contributed by atoms with Crippen LogP contribution in [-0.4, -0.2) is 54.1 Å². The van der Waals surface area contributed by atoms with Crippen molar-refractivity contribution >= 4 is 0 Å². The summed E-state index contributed by atoms with van der Waals surface area (Å²) in [5, 5.41) is 0. The topological polar surface area (TPSA) is 28.6 Å². The predicted octanol–water partition coefficient (Wildman–Crippen LogP) is 4.62. The first-order valence-corrected chi connectivity index (χ1v) is 11.5. The number of fused-ring (bicyclic) bond motifs is 3. The minimum absolute atomic E-state index is 0.369. The maximum atomic E-state index is 6.19. The zero-order chi connectivity index (χ0) is 19.5. The first-order valence-electron chi connectivity index (χ1n) is 11.5. The highest BCUT2D eigenvalue weighted by atomic mass is 16.5. The molecule has 0 amide bonds. The van der Waals surface area contributed by atoms with Crippen LogP contribution in [0.1, 0.15) is 67.3 Å². The number of nitrogens with zero attached hydrogens (tertiary/aromatic N) is 3. The zero-order valence-corrected chi connectivity index (χ0v) is 17.4. The van der Waals surface area contributed by atoms with Crippen molar-refractivity contribution in [3.05, 3.63) is 59.4 Å². The van der Waals surface area contributed by atoms with Gasteiger partial charge in [0.25, 0.3) is 0 Å². The third-order valence-corrected chi connectivity index (χ3v) is 6.95. The molecule has 29 heavy (non-hydrogen) atoms. The van der Waals surface area contributed by atoms with Gasteiger partial charge in [0.2, 0.25) is 0 Å². The van der Waals surface area contributed by atoms with Gasteiger partial charge in [-0.1, -0.05) is 18.6 Å². The molecule has 4 heteroatoms. The van der Waals surface area contributed by atoms with Crippen molar-refractivity contribution in [1.82, 2.24) is 14.8 Å². The van der Waals surface area contributed by atoms with Crippen LogP contribution in [0.5, 0.6) is 5.75 Å². The Labute approximate surface area is 174 Å². The lowest BCUT2D eigenvalue weighted by Crippen LogP contribution is -2.34. The molecule has 0 saturated carbocycles. The van der Waals surface area contributed by atoms with Crippen molar-refractivity contribution in [1.29, 1.82) is 0 Å². The molecule has 1 aromatic heterocycles. The van der Waals surface area contributed by atoms with E-state index in [0.29, 0.717) is 12.0 Å². The fraction of sp³-hybridized carbons (Fsp3) is 0.560. The monoisotopic (exact) mass is 391 g/mol. The minimum Gasteiger partial charge on any atom is -0.494 e. The first-order chi connectivity index (χ1) is 14.4. The molecule has 3 aliphatic heterocycles. The van der Waals surface area contributed by atoms with E-state index < -0.39 is 0 Å². The average molecular weight is 392 g/mol. The van der Waals surface area contributed by atoms with E-state index in [1.54, 1.807) is 0 Å². The van der Waals surface area contributed by atoms with Gasteiger partial charge in [-0.15, -0.1) is 0 Å². The van der Waals surface area contributed by atoms with Crippen molar-refractivity contribution in [3.8, 4) is 5.75 Å². The van der Waals surface area contributed by atoms with Crippen LogP contribution in [0.2, 0.25) is 0 Å². The SMILES string of the molecule is c1ccc([C@H]2CN3CCC[C@@H]3c3cc(OCCCN4CCCCC4)ccc32)nc1. The second-order valence-corrected chi connectivity index (χ2v) is 8.86. The molecule has 0 spiro atoms. The maximum Gasteiger partial charge on any atom is 0.119 e. The molecule has 0 aliphatic carbocycles. The second kappa shape index (κ2) is 8.85. The van der Waals surface area contributed by atoms with Gasteiger partial charge in [0.15, 0.2) is 0 Å². The van der Waals surface area contributed by atoms with E-state index in [0.717, 1.165) is 25.3 Å². The predicted molar refractivity (Wildman–Crippen MR) is 116 cm³/mol. The smallest absolute Gasteiger partial charge is 0.119 e. The van der Waals surface area contributed by atoms with Crippen molar-refractivity contribution in [2.45, 2.75) is 50.5 Å². The van der Waals surface area contributed by atoms with Crippen LogP contribution < -0.4 is 4.74 Å². The number of pyridine rings is 1. The molecular weight excluding hydrogens is 358 g/mol. The average Bonchev–Trinajstić information content (AvgIpc) is 3.26. The second-order valence-electron chi connectivity index (χ2n) is 8.86. The molecule has 0 bridgehead atoms. The molecule has 4 nitrogen and oxygen atoms in total. The van der Waals surface area contributed by atoms with E-state index in [9.17, 15) is 0 Å². The molecule has 2 atom stereocenters. The molecule has 0 unspecified atom stereocenters. The highest BCUT2D eigenvalue weighted by Crippen LogP contribution is 2.44. The maximum absolute atomic E-state index is 6.19. The van der Waals surface area contributed by atoms with Gasteiger partial charge in [-0.25, -0.2) is 0 Å². The van der Waals surface area contributed by atoms with Gasteiger partial charge in [0, 0.05) is 36.9 Å². The van der Waals surface area contributed by atoms with Gasteiger partial charge in [0.05, 0.1) is 6.61 Å². The van der Waals surface area contributed by atoms with Gasteiger partial charge in [-0.3, -0.25) is 9.88 Å². The summed E-state index contributed by atoms with van der Waals surface area (Å²) in [6, 6.07) is 13.7. The Morgan fingerprint density at radius 1 is 0.966 bits per heavy atom. The van der Waals surface area contributed by atoms with Gasteiger partial charge in [0.1, 0.15) is 5.75 Å². The Hall–Kier alpha value is -1.91. The largest absolute Gasteiger partial charge is 0.494 e. The summed E-state index contributed by atoms with van der Waals surface area (Å²) >= 11 is 0. The van der Waals surface area contributed by atoms with E-state index in [-0.39, 0.29) is 0 Å². The summed E-state index contributed by atoms with van der Waals surface area (Å²) in [4.78, 5) is 9.93. The molecule has 154 valence electrons. The number of ether oxygens (including phenoxy) is 1. The summed E-state index contributed by atoms with van der Waals surface area (Å²) in [5.41, 5.74) is 4.11. The Balaban J connectivity index is 1.29. The van der Waals surface area contributed by atoms with Gasteiger partial charge in [-0.05, 0) is 87.1 Å². The van der Waals surface area contributed by atoms with E-state index in [2.05, 4.69) is 45.1 Å². The molecule has 2 fully saturated rings. The van der Waals surface area contributed by atoms with Crippen molar-refractivity contribution in [2.75, 3.05) is 39.3 Å². The van der Waals surface area contributed by atoms with Crippen LogP contribution in [0.25, 0.3) is 0 Å². The van der Waals surface area contributed by atoms with Gasteiger partial charge >= 0.3 is 0 Å². The lowest BCUT2D eigenvalue weighted by Gasteiger charge is -2.37. The van der Waals surface area contributed by atoms with E-state index >= 15 is 0 Å². The highest BCUT2D eigenvalue weighted by Gasteiger charge is 2.37. The first kappa shape index (κ1) is 19.1. The van der Waals surface area contributed by atoms with E-state index in [4.69, 9.17) is 4.74 Å². The van der Waals surface area contributed by atoms with E-state index in [1.807, 2.05) is 12.3 Å². The summed E-state index contributed by atoms with van der Waals surface area (Å²) < 4.78 is 6.19. The molecule has 0 radical (unpaired) electrons. The van der Waals surface area contributed by atoms with Crippen LogP contribution in [0.15, 0.2) is 42.6 Å². The molecular formula is C25H33N3O. The van der Waals surface area contributed by atoms with E-state index in [1.165, 1.54) is 75.1 Å². The third-order valence-electron chi connectivity index (χ3n) is 6.95. The fourth-order valence-corrected chi connectivity index (χ4v) is 5.47. The Morgan fingerprint density at radius 3 is 2.76 bits per heavy atom. The molecule has 0 N–H and O–H groups in total. The Bertz CT molecular complexity index is 803. The number of likely N-dealkylation sites (tertiary alicyclic amines) is 1.